The molecule has 0 aliphatic carbocycles. The van der Waals surface area contributed by atoms with E-state index in [9.17, 15) is 8.76 Å². The third-order valence-corrected chi connectivity index (χ3v) is 7.26. The van der Waals surface area contributed by atoms with Crippen molar-refractivity contribution < 1.29 is 8.76 Å². The summed E-state index contributed by atoms with van der Waals surface area (Å²) in [7, 11) is 0. The van der Waals surface area contributed by atoms with E-state index in [0.717, 1.165) is 55.8 Å². The summed E-state index contributed by atoms with van der Waals surface area (Å²) in [6, 6.07) is 4.13. The molecule has 0 spiro atoms. The highest BCUT2D eigenvalue weighted by Crippen LogP contribution is 2.38. The number of rotatable bonds is 5. The molecule has 30 heavy (non-hydrogen) atoms. The second kappa shape index (κ2) is 8.81. The molecule has 0 saturated heterocycles. The number of dihydropyridines is 1. The van der Waals surface area contributed by atoms with Crippen molar-refractivity contribution in [3.8, 4) is 0 Å². The van der Waals surface area contributed by atoms with E-state index in [-0.39, 0.29) is 17.0 Å². The number of aryl methyl sites for hydroxylation is 1. The van der Waals surface area contributed by atoms with Crippen molar-refractivity contribution in [2.75, 3.05) is 11.4 Å². The summed E-state index contributed by atoms with van der Waals surface area (Å²) < 4.78 is 25.0. The van der Waals surface area contributed by atoms with E-state index in [1.807, 2.05) is 13.0 Å². The number of hydrogen-bond donors (Lipinski definition) is 0. The monoisotopic (exact) mass is 447 g/mol. The Balaban J connectivity index is 1.84. The molecule has 162 valence electrons. The van der Waals surface area contributed by atoms with Crippen molar-refractivity contribution in [3.05, 3.63) is 33.7 Å². The molecule has 0 N–H and O–H groups in total. The molecular weight excluding hydrogens is 420 g/mol. The van der Waals surface area contributed by atoms with Crippen LogP contribution in [0.5, 0.6) is 0 Å². The largest absolute Gasteiger partial charge is 0.768 e. The van der Waals surface area contributed by atoms with E-state index in [0.29, 0.717) is 10.9 Å². The molecule has 1 aromatic heterocycles. The van der Waals surface area contributed by atoms with Crippen molar-refractivity contribution in [2.24, 2.45) is 10.9 Å². The highest BCUT2D eigenvalue weighted by molar-refractivity contribution is 7.84. The van der Waals surface area contributed by atoms with Gasteiger partial charge < -0.3 is 14.0 Å². The molecule has 0 radical (unpaired) electrons. The van der Waals surface area contributed by atoms with Gasteiger partial charge in [-0.25, -0.2) is 4.98 Å². The third kappa shape index (κ3) is 3.72. The van der Waals surface area contributed by atoms with Crippen LogP contribution in [0.25, 0.3) is 11.0 Å². The first-order valence-corrected chi connectivity index (χ1v) is 12.2. The SMILES string of the molecule is CCC(CC)c1ccc(Cl)c2nc3n(c12)CCCCN3C1N=CC(S(=O)[O-])=CC1C. The van der Waals surface area contributed by atoms with Crippen LogP contribution in [0, 0.1) is 5.92 Å². The normalized spacial score (nSPS) is 22.9. The first-order chi connectivity index (χ1) is 14.5. The van der Waals surface area contributed by atoms with Crippen LogP contribution < -0.4 is 4.90 Å². The van der Waals surface area contributed by atoms with Crippen molar-refractivity contribution in [3.63, 3.8) is 0 Å². The van der Waals surface area contributed by atoms with Gasteiger partial charge in [0.05, 0.1) is 10.5 Å². The number of nitrogens with zero attached hydrogens (tertiary/aromatic N) is 4. The molecule has 3 heterocycles. The molecular formula is C22H28ClN4O2S-. The first kappa shape index (κ1) is 21.5. The number of halogens is 1. The quantitative estimate of drug-likeness (QED) is 0.604. The molecule has 3 unspecified atom stereocenters. The highest BCUT2D eigenvalue weighted by Gasteiger charge is 2.32. The number of aromatic nitrogens is 2. The number of hydrogen-bond acceptors (Lipinski definition) is 5. The maximum Gasteiger partial charge on any atom is 0.208 e. The summed E-state index contributed by atoms with van der Waals surface area (Å²) in [6.45, 7) is 8.18. The first-order valence-electron chi connectivity index (χ1n) is 10.8. The number of allylic oxidation sites excluding steroid dienone is 1. The molecule has 0 amide bonds. The highest BCUT2D eigenvalue weighted by atomic mass is 35.5. The Morgan fingerprint density at radius 2 is 2.00 bits per heavy atom. The Labute approximate surface area is 185 Å². The molecule has 0 fully saturated rings. The fraction of sp³-hybridized carbons (Fsp3) is 0.545. The number of aliphatic imine (C=N–C) groups is 1. The summed E-state index contributed by atoms with van der Waals surface area (Å²) in [5.74, 6) is 1.31. The minimum absolute atomic E-state index is 0.0387. The lowest BCUT2D eigenvalue weighted by atomic mass is 9.93. The zero-order chi connectivity index (χ0) is 21.4. The predicted octanol–water partition coefficient (Wildman–Crippen LogP) is 5.00. The lowest BCUT2D eigenvalue weighted by Gasteiger charge is -2.34. The molecule has 2 aliphatic heterocycles. The molecule has 8 heteroatoms. The molecule has 3 atom stereocenters. The van der Waals surface area contributed by atoms with Gasteiger partial charge in [-0.15, -0.1) is 0 Å². The van der Waals surface area contributed by atoms with E-state index >= 15 is 0 Å². The zero-order valence-electron chi connectivity index (χ0n) is 17.7. The lowest BCUT2D eigenvalue weighted by molar-refractivity contribution is 0.493. The summed E-state index contributed by atoms with van der Waals surface area (Å²) >= 11 is 4.33. The Bertz CT molecular complexity index is 1030. The standard InChI is InChI=1S/C22H29ClN4O2S/c1-4-15(5-2)17-8-9-18(23)19-20(17)26-10-6-7-11-27(22(26)25-19)21-14(3)12-16(13-24-21)30(28)29/h8-9,12-15,21H,4-7,10-11H2,1-3H3,(H,28,29)/p-1. The number of fused-ring (bicyclic) bond motifs is 3. The Hall–Kier alpha value is -1.70. The van der Waals surface area contributed by atoms with Crippen molar-refractivity contribution in [2.45, 2.75) is 65.1 Å². The van der Waals surface area contributed by atoms with Crippen LogP contribution in [0.15, 0.2) is 28.1 Å². The minimum atomic E-state index is -2.26. The van der Waals surface area contributed by atoms with Crippen LogP contribution in [0.2, 0.25) is 5.02 Å². The summed E-state index contributed by atoms with van der Waals surface area (Å²) in [5.41, 5.74) is 3.30. The molecule has 0 bridgehead atoms. The van der Waals surface area contributed by atoms with E-state index in [4.69, 9.17) is 16.6 Å². The average molecular weight is 448 g/mol. The Morgan fingerprint density at radius 3 is 2.67 bits per heavy atom. The average Bonchev–Trinajstić information content (AvgIpc) is 2.99. The van der Waals surface area contributed by atoms with Crippen LogP contribution in [-0.4, -0.2) is 37.2 Å². The van der Waals surface area contributed by atoms with Crippen molar-refractivity contribution >= 4 is 45.9 Å². The second-order valence-electron chi connectivity index (χ2n) is 8.17. The van der Waals surface area contributed by atoms with Crippen LogP contribution >= 0.6 is 11.6 Å². The molecule has 2 aromatic rings. The van der Waals surface area contributed by atoms with Gasteiger partial charge >= 0.3 is 0 Å². The Morgan fingerprint density at radius 1 is 1.27 bits per heavy atom. The predicted molar refractivity (Wildman–Crippen MR) is 123 cm³/mol. The van der Waals surface area contributed by atoms with Crippen LogP contribution in [0.1, 0.15) is 57.9 Å². The van der Waals surface area contributed by atoms with E-state index in [1.165, 1.54) is 11.8 Å². The van der Waals surface area contributed by atoms with Gasteiger partial charge in [0.25, 0.3) is 0 Å². The second-order valence-corrected chi connectivity index (χ2v) is 9.51. The maximum atomic E-state index is 11.3. The zero-order valence-corrected chi connectivity index (χ0v) is 19.2. The fourth-order valence-corrected chi connectivity index (χ4v) is 5.42. The summed E-state index contributed by atoms with van der Waals surface area (Å²) in [6.07, 6.45) is 7.30. The lowest BCUT2D eigenvalue weighted by Crippen LogP contribution is -2.41. The number of benzene rings is 1. The van der Waals surface area contributed by atoms with Crippen LogP contribution in [0.4, 0.5) is 5.95 Å². The maximum absolute atomic E-state index is 11.3. The molecule has 2 aliphatic rings. The topological polar surface area (TPSA) is 73.5 Å². The van der Waals surface area contributed by atoms with Gasteiger partial charge in [0.15, 0.2) is 0 Å². The van der Waals surface area contributed by atoms with Gasteiger partial charge in [-0.1, -0.05) is 44.5 Å². The van der Waals surface area contributed by atoms with Gasteiger partial charge in [0.2, 0.25) is 5.95 Å². The Kier molecular flexibility index (Phi) is 6.32. The van der Waals surface area contributed by atoms with Crippen LogP contribution in [-0.2, 0) is 17.6 Å². The van der Waals surface area contributed by atoms with Gasteiger partial charge in [0.1, 0.15) is 11.7 Å². The number of imidazole rings is 1. The van der Waals surface area contributed by atoms with Gasteiger partial charge in [-0.05, 0) is 54.3 Å². The summed E-state index contributed by atoms with van der Waals surface area (Å²) in [4.78, 5) is 12.1. The molecule has 1 aromatic carbocycles. The molecule has 0 saturated carbocycles. The fourth-order valence-electron chi connectivity index (χ4n) is 4.75. The van der Waals surface area contributed by atoms with E-state index in [2.05, 4.69) is 34.4 Å². The molecule has 6 nitrogen and oxygen atoms in total. The van der Waals surface area contributed by atoms with E-state index < -0.39 is 11.1 Å². The minimum Gasteiger partial charge on any atom is -0.768 e. The van der Waals surface area contributed by atoms with Crippen LogP contribution in [0.3, 0.4) is 0 Å². The smallest absolute Gasteiger partial charge is 0.208 e. The van der Waals surface area contributed by atoms with Crippen molar-refractivity contribution in [1.82, 2.24) is 9.55 Å². The third-order valence-electron chi connectivity index (χ3n) is 6.33. The van der Waals surface area contributed by atoms with Gasteiger partial charge in [0, 0.05) is 30.1 Å². The number of anilines is 1. The molecule has 4 rings (SSSR count). The summed E-state index contributed by atoms with van der Waals surface area (Å²) in [5, 5.41) is 0.671. The van der Waals surface area contributed by atoms with Crippen molar-refractivity contribution in [1.29, 1.82) is 0 Å². The van der Waals surface area contributed by atoms with Gasteiger partial charge in [-0.2, -0.15) is 0 Å². The van der Waals surface area contributed by atoms with E-state index in [1.54, 1.807) is 6.08 Å². The van der Waals surface area contributed by atoms with Gasteiger partial charge in [-0.3, -0.25) is 9.20 Å².